The van der Waals surface area contributed by atoms with Crippen LogP contribution in [0, 0.1) is 5.82 Å². The predicted molar refractivity (Wildman–Crippen MR) is 101 cm³/mol. The average Bonchev–Trinajstić information content (AvgIpc) is 3.21. The van der Waals surface area contributed by atoms with E-state index in [0.717, 1.165) is 0 Å². The van der Waals surface area contributed by atoms with Crippen molar-refractivity contribution < 1.29 is 28.0 Å². The van der Waals surface area contributed by atoms with Gasteiger partial charge in [-0.3, -0.25) is 9.59 Å². The summed E-state index contributed by atoms with van der Waals surface area (Å²) in [6.07, 6.45) is 0.159. The lowest BCUT2D eigenvalue weighted by Crippen LogP contribution is -2.14. The highest BCUT2D eigenvalue weighted by molar-refractivity contribution is 5.98. The van der Waals surface area contributed by atoms with Gasteiger partial charge in [-0.2, -0.15) is 4.98 Å². The Balaban J connectivity index is 1.45. The molecule has 0 aliphatic heterocycles. The van der Waals surface area contributed by atoms with Crippen LogP contribution in [0.15, 0.2) is 53.1 Å². The molecule has 0 saturated carbocycles. The van der Waals surface area contributed by atoms with E-state index in [1.165, 1.54) is 24.3 Å². The third-order valence-electron chi connectivity index (χ3n) is 3.97. The number of carbonyl (C=O) groups is 2. The highest BCUT2D eigenvalue weighted by Crippen LogP contribution is 2.17. The largest absolute Gasteiger partial charge is 0.494 e. The van der Waals surface area contributed by atoms with Crippen LogP contribution in [0.2, 0.25) is 0 Å². The Bertz CT molecular complexity index is 967. The second kappa shape index (κ2) is 9.59. The Morgan fingerprint density at radius 1 is 1.07 bits per heavy atom. The smallest absolute Gasteiger partial charge is 0.306 e. The maximum Gasteiger partial charge on any atom is 0.306 e. The number of halogens is 1. The van der Waals surface area contributed by atoms with Gasteiger partial charge in [0, 0.05) is 17.5 Å². The summed E-state index contributed by atoms with van der Waals surface area (Å²) in [5.74, 6) is 0.00219. The number of hydrogen-bond acceptors (Lipinski definition) is 7. The predicted octanol–water partition coefficient (Wildman–Crippen LogP) is 3.63. The number of carbonyl (C=O) groups excluding carboxylic acids is 2. The lowest BCUT2D eigenvalue weighted by atomic mass is 10.1. The number of esters is 1. The van der Waals surface area contributed by atoms with Crippen molar-refractivity contribution in [3.63, 3.8) is 0 Å². The van der Waals surface area contributed by atoms with E-state index >= 15 is 0 Å². The van der Waals surface area contributed by atoms with E-state index in [9.17, 15) is 14.0 Å². The molecule has 2 aromatic carbocycles. The summed E-state index contributed by atoms with van der Waals surface area (Å²) in [4.78, 5) is 28.1. The van der Waals surface area contributed by atoms with E-state index in [2.05, 4.69) is 10.1 Å². The van der Waals surface area contributed by atoms with Crippen LogP contribution >= 0.6 is 0 Å². The van der Waals surface area contributed by atoms with Gasteiger partial charge in [-0.25, -0.2) is 4.39 Å². The second-order valence-electron chi connectivity index (χ2n) is 6.06. The number of ether oxygens (including phenoxy) is 2. The van der Waals surface area contributed by atoms with Crippen LogP contribution in [0.25, 0.3) is 11.4 Å². The number of benzene rings is 2. The van der Waals surface area contributed by atoms with E-state index in [-0.39, 0.29) is 36.9 Å². The molecule has 150 valence electrons. The highest BCUT2D eigenvalue weighted by atomic mass is 19.1. The minimum Gasteiger partial charge on any atom is -0.494 e. The van der Waals surface area contributed by atoms with Gasteiger partial charge in [-0.05, 0) is 55.5 Å². The molecule has 8 heteroatoms. The van der Waals surface area contributed by atoms with Crippen molar-refractivity contribution in [2.24, 2.45) is 0 Å². The quantitative estimate of drug-likeness (QED) is 0.401. The van der Waals surface area contributed by atoms with Crippen molar-refractivity contribution >= 4 is 11.8 Å². The number of hydrogen-bond donors (Lipinski definition) is 0. The average molecular weight is 398 g/mol. The molecule has 3 rings (SSSR count). The molecular weight excluding hydrogens is 379 g/mol. The Labute approximate surface area is 166 Å². The van der Waals surface area contributed by atoms with Gasteiger partial charge in [-0.15, -0.1) is 0 Å². The van der Waals surface area contributed by atoms with Crippen molar-refractivity contribution in [2.75, 3.05) is 13.2 Å². The fraction of sp³-hybridized carbons (Fsp3) is 0.238. The van der Waals surface area contributed by atoms with Crippen molar-refractivity contribution in [3.05, 3.63) is 65.8 Å². The fourth-order valence-corrected chi connectivity index (χ4v) is 2.49. The Hall–Kier alpha value is -3.55. The molecule has 1 aromatic heterocycles. The van der Waals surface area contributed by atoms with Gasteiger partial charge in [0.15, 0.2) is 12.4 Å². The van der Waals surface area contributed by atoms with Gasteiger partial charge >= 0.3 is 5.97 Å². The van der Waals surface area contributed by atoms with Crippen LogP contribution < -0.4 is 4.74 Å². The first kappa shape index (κ1) is 20.2. The molecule has 3 aromatic rings. The molecule has 0 unspecified atom stereocenters. The second-order valence-corrected chi connectivity index (χ2v) is 6.06. The number of nitrogens with zero attached hydrogens (tertiary/aromatic N) is 2. The first-order chi connectivity index (χ1) is 14.0. The Morgan fingerprint density at radius 3 is 2.48 bits per heavy atom. The zero-order chi connectivity index (χ0) is 20.6. The van der Waals surface area contributed by atoms with E-state index in [0.29, 0.717) is 29.3 Å². The van der Waals surface area contributed by atoms with Crippen molar-refractivity contribution in [1.29, 1.82) is 0 Å². The monoisotopic (exact) mass is 398 g/mol. The summed E-state index contributed by atoms with van der Waals surface area (Å²) in [6, 6.07) is 12.3. The van der Waals surface area contributed by atoms with Gasteiger partial charge < -0.3 is 14.0 Å². The summed E-state index contributed by atoms with van der Waals surface area (Å²) in [6.45, 7) is 2.06. The highest BCUT2D eigenvalue weighted by Gasteiger charge is 2.13. The van der Waals surface area contributed by atoms with Crippen LogP contribution in [0.3, 0.4) is 0 Å². The standard InChI is InChI=1S/C21H19FN2O5/c1-2-27-17-9-5-14(6-10-17)18(25)13-28-20(26)12-11-19-23-21(24-29-19)15-3-7-16(22)8-4-15/h3-10H,2,11-13H2,1H3. The molecule has 0 radical (unpaired) electrons. The molecule has 29 heavy (non-hydrogen) atoms. The zero-order valence-electron chi connectivity index (χ0n) is 15.8. The normalized spacial score (nSPS) is 10.6. The maximum absolute atomic E-state index is 13.0. The molecule has 0 saturated heterocycles. The van der Waals surface area contributed by atoms with Crippen LogP contribution in [-0.2, 0) is 16.0 Å². The molecule has 0 bridgehead atoms. The Kier molecular flexibility index (Phi) is 6.67. The zero-order valence-corrected chi connectivity index (χ0v) is 15.8. The minimum absolute atomic E-state index is 0.0123. The Morgan fingerprint density at radius 2 is 1.79 bits per heavy atom. The number of aromatic nitrogens is 2. The van der Waals surface area contributed by atoms with Gasteiger partial charge in [0.25, 0.3) is 0 Å². The maximum atomic E-state index is 13.0. The number of aryl methyl sites for hydroxylation is 1. The third-order valence-corrected chi connectivity index (χ3v) is 3.97. The minimum atomic E-state index is -0.550. The summed E-state index contributed by atoms with van der Waals surface area (Å²) >= 11 is 0. The molecule has 0 spiro atoms. The molecule has 1 heterocycles. The van der Waals surface area contributed by atoms with E-state index in [1.807, 2.05) is 6.92 Å². The van der Waals surface area contributed by atoms with Crippen LogP contribution in [0.1, 0.15) is 29.6 Å². The van der Waals surface area contributed by atoms with Crippen molar-refractivity contribution in [2.45, 2.75) is 19.8 Å². The topological polar surface area (TPSA) is 91.5 Å². The summed E-state index contributed by atoms with van der Waals surface area (Å²) in [5.41, 5.74) is 1.03. The van der Waals surface area contributed by atoms with Crippen molar-refractivity contribution in [1.82, 2.24) is 10.1 Å². The lowest BCUT2D eigenvalue weighted by Gasteiger charge is -2.05. The van der Waals surface area contributed by atoms with Gasteiger partial charge in [0.1, 0.15) is 11.6 Å². The molecule has 7 nitrogen and oxygen atoms in total. The summed E-state index contributed by atoms with van der Waals surface area (Å²) in [7, 11) is 0. The first-order valence-electron chi connectivity index (χ1n) is 9.05. The fourth-order valence-electron chi connectivity index (χ4n) is 2.49. The van der Waals surface area contributed by atoms with Gasteiger partial charge in [0.05, 0.1) is 13.0 Å². The van der Waals surface area contributed by atoms with Crippen LogP contribution in [-0.4, -0.2) is 35.1 Å². The molecule has 0 aliphatic carbocycles. The summed E-state index contributed by atoms with van der Waals surface area (Å²) < 4.78 is 28.4. The first-order valence-corrected chi connectivity index (χ1v) is 9.05. The number of ketones is 1. The van der Waals surface area contributed by atoms with Gasteiger partial charge in [0.2, 0.25) is 11.7 Å². The molecule has 0 fully saturated rings. The van der Waals surface area contributed by atoms with E-state index in [1.54, 1.807) is 24.3 Å². The number of Topliss-reactive ketones (excluding diaryl/α,β-unsaturated/α-hetero) is 1. The van der Waals surface area contributed by atoms with Gasteiger partial charge in [-0.1, -0.05) is 5.16 Å². The van der Waals surface area contributed by atoms with E-state index < -0.39 is 5.97 Å². The SMILES string of the molecule is CCOc1ccc(C(=O)COC(=O)CCc2nc(-c3ccc(F)cc3)no2)cc1. The molecule has 0 amide bonds. The van der Waals surface area contributed by atoms with Crippen LogP contribution in [0.4, 0.5) is 4.39 Å². The van der Waals surface area contributed by atoms with Crippen molar-refractivity contribution in [3.8, 4) is 17.1 Å². The lowest BCUT2D eigenvalue weighted by molar-refractivity contribution is -0.142. The molecule has 0 aliphatic rings. The van der Waals surface area contributed by atoms with Crippen LogP contribution in [0.5, 0.6) is 5.75 Å². The molecule has 0 N–H and O–H groups in total. The molecule has 0 atom stereocenters. The number of rotatable bonds is 9. The summed E-state index contributed by atoms with van der Waals surface area (Å²) in [5, 5.41) is 3.80. The van der Waals surface area contributed by atoms with E-state index in [4.69, 9.17) is 14.0 Å². The molecular formula is C21H19FN2O5. The third kappa shape index (κ3) is 5.71.